The van der Waals surface area contributed by atoms with E-state index >= 15 is 0 Å². The van der Waals surface area contributed by atoms with E-state index < -0.39 is 5.41 Å². The second-order valence-electron chi connectivity index (χ2n) is 5.26. The van der Waals surface area contributed by atoms with Crippen LogP contribution in [0.25, 0.3) is 0 Å². The molecular formula is C16H14ClFN2O. The second-order valence-corrected chi connectivity index (χ2v) is 5.69. The first-order chi connectivity index (χ1) is 10.1. The number of benzene rings is 1. The highest BCUT2D eigenvalue weighted by atomic mass is 35.5. The fraction of sp³-hybridized carbons (Fsp3) is 0.250. The van der Waals surface area contributed by atoms with Crippen LogP contribution in [0.3, 0.4) is 0 Å². The number of hydrogen-bond donors (Lipinski definition) is 1. The van der Waals surface area contributed by atoms with Gasteiger partial charge in [0.15, 0.2) is 0 Å². The van der Waals surface area contributed by atoms with Gasteiger partial charge >= 0.3 is 0 Å². The van der Waals surface area contributed by atoms with Crippen LogP contribution in [0.1, 0.15) is 24.8 Å². The third-order valence-electron chi connectivity index (χ3n) is 4.01. The second kappa shape index (κ2) is 5.45. The minimum absolute atomic E-state index is 0.102. The minimum Gasteiger partial charge on any atom is -0.310 e. The first-order valence-electron chi connectivity index (χ1n) is 6.79. The van der Waals surface area contributed by atoms with Crippen molar-refractivity contribution in [2.75, 3.05) is 5.32 Å². The topological polar surface area (TPSA) is 42.0 Å². The average molecular weight is 305 g/mol. The van der Waals surface area contributed by atoms with E-state index in [1.54, 1.807) is 24.3 Å². The Morgan fingerprint density at radius 2 is 1.90 bits per heavy atom. The molecule has 2 aromatic rings. The van der Waals surface area contributed by atoms with Crippen LogP contribution < -0.4 is 5.32 Å². The zero-order valence-electron chi connectivity index (χ0n) is 11.3. The molecule has 0 atom stereocenters. The normalized spacial score (nSPS) is 16.1. The Morgan fingerprint density at radius 1 is 1.19 bits per heavy atom. The van der Waals surface area contributed by atoms with E-state index in [1.165, 1.54) is 18.3 Å². The lowest BCUT2D eigenvalue weighted by Gasteiger charge is -2.40. The van der Waals surface area contributed by atoms with Crippen LogP contribution in [0.4, 0.5) is 10.2 Å². The van der Waals surface area contributed by atoms with Crippen LogP contribution in [0, 0.1) is 5.82 Å². The SMILES string of the molecule is O=C(Nc1ccc(Cl)cn1)C1(c2ccc(F)cc2)CCC1. The van der Waals surface area contributed by atoms with Gasteiger partial charge in [0.25, 0.3) is 0 Å². The molecule has 0 bridgehead atoms. The zero-order chi connectivity index (χ0) is 14.9. The van der Waals surface area contributed by atoms with Gasteiger partial charge in [0.2, 0.25) is 5.91 Å². The molecular weight excluding hydrogens is 291 g/mol. The van der Waals surface area contributed by atoms with Gasteiger partial charge in [-0.2, -0.15) is 0 Å². The van der Waals surface area contributed by atoms with Gasteiger partial charge in [0.05, 0.1) is 10.4 Å². The summed E-state index contributed by atoms with van der Waals surface area (Å²) in [5, 5.41) is 3.34. The largest absolute Gasteiger partial charge is 0.310 e. The number of carbonyl (C=O) groups is 1. The average Bonchev–Trinajstić information content (AvgIpc) is 2.42. The van der Waals surface area contributed by atoms with Gasteiger partial charge in [0.1, 0.15) is 11.6 Å². The molecule has 0 spiro atoms. The fourth-order valence-corrected chi connectivity index (χ4v) is 2.74. The maximum absolute atomic E-state index is 13.1. The quantitative estimate of drug-likeness (QED) is 0.933. The third kappa shape index (κ3) is 2.63. The Labute approximate surface area is 127 Å². The Bertz CT molecular complexity index is 651. The molecule has 1 heterocycles. The molecule has 0 saturated heterocycles. The molecule has 1 aromatic carbocycles. The number of carbonyl (C=O) groups excluding carboxylic acids is 1. The Hall–Kier alpha value is -1.94. The van der Waals surface area contributed by atoms with Gasteiger partial charge < -0.3 is 5.32 Å². The monoisotopic (exact) mass is 304 g/mol. The lowest BCUT2D eigenvalue weighted by atomic mass is 9.64. The molecule has 1 N–H and O–H groups in total. The molecule has 5 heteroatoms. The summed E-state index contributed by atoms with van der Waals surface area (Å²) in [6.45, 7) is 0. The van der Waals surface area contributed by atoms with Crippen molar-refractivity contribution >= 4 is 23.3 Å². The van der Waals surface area contributed by atoms with Crippen LogP contribution in [0.2, 0.25) is 5.02 Å². The number of aromatic nitrogens is 1. The van der Waals surface area contributed by atoms with Crippen molar-refractivity contribution in [1.29, 1.82) is 0 Å². The zero-order valence-corrected chi connectivity index (χ0v) is 12.0. The minimum atomic E-state index is -0.574. The van der Waals surface area contributed by atoms with Gasteiger partial charge in [-0.1, -0.05) is 30.2 Å². The highest BCUT2D eigenvalue weighted by molar-refractivity contribution is 6.30. The maximum Gasteiger partial charge on any atom is 0.236 e. The van der Waals surface area contributed by atoms with Crippen molar-refractivity contribution in [3.63, 3.8) is 0 Å². The molecule has 108 valence electrons. The van der Waals surface area contributed by atoms with Crippen LogP contribution in [-0.4, -0.2) is 10.9 Å². The number of hydrogen-bond acceptors (Lipinski definition) is 2. The summed E-state index contributed by atoms with van der Waals surface area (Å²) in [6, 6.07) is 9.49. The molecule has 1 amide bonds. The maximum atomic E-state index is 13.1. The lowest BCUT2D eigenvalue weighted by molar-refractivity contribution is -0.124. The van der Waals surface area contributed by atoms with E-state index in [0.29, 0.717) is 10.8 Å². The number of amides is 1. The molecule has 0 aliphatic heterocycles. The molecule has 1 aliphatic rings. The molecule has 3 nitrogen and oxygen atoms in total. The highest BCUT2D eigenvalue weighted by Gasteiger charge is 2.45. The van der Waals surface area contributed by atoms with Crippen LogP contribution in [0.15, 0.2) is 42.6 Å². The summed E-state index contributed by atoms with van der Waals surface area (Å²) < 4.78 is 13.1. The molecule has 0 radical (unpaired) electrons. The van der Waals surface area contributed by atoms with Crippen molar-refractivity contribution < 1.29 is 9.18 Å². The highest BCUT2D eigenvalue weighted by Crippen LogP contribution is 2.44. The summed E-state index contributed by atoms with van der Waals surface area (Å²) in [5.74, 6) is 0.0703. The summed E-state index contributed by atoms with van der Waals surface area (Å²) in [5.41, 5.74) is 0.274. The van der Waals surface area contributed by atoms with E-state index in [-0.39, 0.29) is 11.7 Å². The Balaban J connectivity index is 1.83. The molecule has 21 heavy (non-hydrogen) atoms. The number of anilines is 1. The van der Waals surface area contributed by atoms with E-state index in [4.69, 9.17) is 11.6 Å². The van der Waals surface area contributed by atoms with Gasteiger partial charge in [-0.05, 0) is 42.7 Å². The number of nitrogens with zero attached hydrogens (tertiary/aromatic N) is 1. The van der Waals surface area contributed by atoms with Gasteiger partial charge in [-0.25, -0.2) is 9.37 Å². The molecule has 0 unspecified atom stereocenters. The summed E-state index contributed by atoms with van der Waals surface area (Å²) >= 11 is 5.78. The summed E-state index contributed by atoms with van der Waals surface area (Å²) in [6.07, 6.45) is 4.00. The number of rotatable bonds is 3. The van der Waals surface area contributed by atoms with Crippen LogP contribution in [-0.2, 0) is 10.2 Å². The molecule has 1 aromatic heterocycles. The Kier molecular flexibility index (Phi) is 3.64. The predicted molar refractivity (Wildman–Crippen MR) is 79.8 cm³/mol. The van der Waals surface area contributed by atoms with Crippen molar-refractivity contribution in [2.45, 2.75) is 24.7 Å². The van der Waals surface area contributed by atoms with Gasteiger partial charge in [-0.3, -0.25) is 4.79 Å². The van der Waals surface area contributed by atoms with Gasteiger partial charge in [-0.15, -0.1) is 0 Å². The summed E-state index contributed by atoms with van der Waals surface area (Å²) in [7, 11) is 0. The van der Waals surface area contributed by atoms with Crippen LogP contribution in [0.5, 0.6) is 0 Å². The molecule has 1 saturated carbocycles. The first-order valence-corrected chi connectivity index (χ1v) is 7.17. The van der Waals surface area contributed by atoms with Crippen molar-refractivity contribution in [3.8, 4) is 0 Å². The molecule has 1 aliphatic carbocycles. The smallest absolute Gasteiger partial charge is 0.236 e. The number of nitrogens with one attached hydrogen (secondary N) is 1. The van der Waals surface area contributed by atoms with E-state index in [2.05, 4.69) is 10.3 Å². The third-order valence-corrected chi connectivity index (χ3v) is 4.23. The van der Waals surface area contributed by atoms with Crippen LogP contribution >= 0.6 is 11.6 Å². The Morgan fingerprint density at radius 3 is 2.43 bits per heavy atom. The van der Waals surface area contributed by atoms with Crippen molar-refractivity contribution in [2.24, 2.45) is 0 Å². The standard InChI is InChI=1S/C16H14ClFN2O/c17-12-4-7-14(19-10-12)20-15(21)16(8-1-9-16)11-2-5-13(18)6-3-11/h2-7,10H,1,8-9H2,(H,19,20,21). The fourth-order valence-electron chi connectivity index (χ4n) is 2.63. The van der Waals surface area contributed by atoms with Crippen molar-refractivity contribution in [3.05, 3.63) is 59.0 Å². The summed E-state index contributed by atoms with van der Waals surface area (Å²) in [4.78, 5) is 16.7. The van der Waals surface area contributed by atoms with E-state index in [1.807, 2.05) is 0 Å². The number of pyridine rings is 1. The first kappa shape index (κ1) is 14.0. The number of halogens is 2. The van der Waals surface area contributed by atoms with E-state index in [9.17, 15) is 9.18 Å². The van der Waals surface area contributed by atoms with Gasteiger partial charge in [0, 0.05) is 6.20 Å². The van der Waals surface area contributed by atoms with E-state index in [0.717, 1.165) is 24.8 Å². The lowest BCUT2D eigenvalue weighted by Crippen LogP contribution is -2.46. The molecule has 3 rings (SSSR count). The molecule has 1 fully saturated rings. The predicted octanol–water partition coefficient (Wildman–Crippen LogP) is 3.93. The van der Waals surface area contributed by atoms with Crippen molar-refractivity contribution in [1.82, 2.24) is 4.98 Å².